The Morgan fingerprint density at radius 2 is 1.94 bits per heavy atom. The molecule has 0 aromatic heterocycles. The maximum absolute atomic E-state index is 13.2. The maximum atomic E-state index is 13.2. The van der Waals surface area contributed by atoms with Crippen LogP contribution in [0.4, 0.5) is 0 Å². The highest BCUT2D eigenvalue weighted by Crippen LogP contribution is 2.34. The average molecular weight is 471 g/mol. The molecule has 0 aromatic carbocycles. The number of carbonyl (C=O) groups is 4. The van der Waals surface area contributed by atoms with E-state index in [4.69, 9.17) is 9.47 Å². The van der Waals surface area contributed by atoms with E-state index in [1.807, 2.05) is 12.2 Å². The normalized spacial score (nSPS) is 22.8. The molecule has 2 heterocycles. The summed E-state index contributed by atoms with van der Waals surface area (Å²) in [5, 5.41) is 8.23. The fourth-order valence-electron chi connectivity index (χ4n) is 4.41. The molecule has 2 aliphatic heterocycles. The number of esters is 1. The Labute approximate surface area is 197 Å². The average Bonchev–Trinajstić information content (AvgIpc) is 3.39. The summed E-state index contributed by atoms with van der Waals surface area (Å²) in [6.45, 7) is 0.541. The molecule has 34 heavy (non-hydrogen) atoms. The number of ether oxygens (including phenoxy) is 2. The molecule has 4 aliphatic rings. The molecule has 0 aromatic rings. The van der Waals surface area contributed by atoms with Crippen LogP contribution in [0.2, 0.25) is 0 Å². The van der Waals surface area contributed by atoms with Crippen molar-refractivity contribution in [1.82, 2.24) is 16.0 Å². The van der Waals surface area contributed by atoms with E-state index in [9.17, 15) is 19.2 Å². The lowest BCUT2D eigenvalue weighted by Crippen LogP contribution is -2.52. The second-order valence-corrected chi connectivity index (χ2v) is 8.98. The Hall–Kier alpha value is -3.43. The molecular formula is C24H30N4O6. The van der Waals surface area contributed by atoms with E-state index in [-0.39, 0.29) is 23.9 Å². The van der Waals surface area contributed by atoms with Gasteiger partial charge in [0, 0.05) is 24.5 Å². The molecule has 0 radical (unpaired) electrons. The predicted molar refractivity (Wildman–Crippen MR) is 122 cm³/mol. The lowest BCUT2D eigenvalue weighted by Gasteiger charge is -2.23. The van der Waals surface area contributed by atoms with E-state index in [0.717, 1.165) is 24.2 Å². The molecular weight excluding hydrogens is 440 g/mol. The van der Waals surface area contributed by atoms with Crippen molar-refractivity contribution in [3.63, 3.8) is 0 Å². The van der Waals surface area contributed by atoms with Crippen LogP contribution in [0, 0.1) is 11.8 Å². The molecule has 4 rings (SSSR count). The van der Waals surface area contributed by atoms with Gasteiger partial charge >= 0.3 is 5.97 Å². The van der Waals surface area contributed by atoms with Crippen LogP contribution in [0.25, 0.3) is 0 Å². The highest BCUT2D eigenvalue weighted by Gasteiger charge is 2.36. The molecule has 1 saturated carbocycles. The van der Waals surface area contributed by atoms with E-state index >= 15 is 0 Å². The maximum Gasteiger partial charge on any atom is 0.328 e. The zero-order valence-corrected chi connectivity index (χ0v) is 19.4. The minimum absolute atomic E-state index is 0.140. The van der Waals surface area contributed by atoms with Gasteiger partial charge in [0.25, 0.3) is 5.91 Å². The lowest BCUT2D eigenvalue weighted by molar-refractivity contribution is -0.146. The zero-order valence-electron chi connectivity index (χ0n) is 19.4. The first kappa shape index (κ1) is 23.7. The summed E-state index contributed by atoms with van der Waals surface area (Å²) in [4.78, 5) is 54.8. The van der Waals surface area contributed by atoms with Gasteiger partial charge in [-0.05, 0) is 37.3 Å². The summed E-state index contributed by atoms with van der Waals surface area (Å²) >= 11 is 0. The van der Waals surface area contributed by atoms with Gasteiger partial charge in [-0.15, -0.1) is 0 Å². The van der Waals surface area contributed by atoms with Crippen LogP contribution < -0.4 is 16.0 Å². The highest BCUT2D eigenvalue weighted by atomic mass is 16.5. The highest BCUT2D eigenvalue weighted by molar-refractivity contribution is 6.17. The van der Waals surface area contributed by atoms with Crippen LogP contribution in [0.3, 0.4) is 0 Å². The Balaban J connectivity index is 1.45. The second kappa shape index (κ2) is 10.2. The Bertz CT molecular complexity index is 1010. The number of fused-ring (bicyclic) bond motifs is 1. The minimum Gasteiger partial charge on any atom is -0.500 e. The molecule has 2 aliphatic carbocycles. The summed E-state index contributed by atoms with van der Waals surface area (Å²) in [5.41, 5.74) is 1.61. The fourth-order valence-corrected chi connectivity index (χ4v) is 4.41. The van der Waals surface area contributed by atoms with Crippen molar-refractivity contribution in [2.75, 3.05) is 20.8 Å². The third-order valence-corrected chi connectivity index (χ3v) is 6.53. The Morgan fingerprint density at radius 1 is 1.15 bits per heavy atom. The topological polar surface area (TPSA) is 135 Å². The summed E-state index contributed by atoms with van der Waals surface area (Å²) in [6.07, 6.45) is 9.21. The number of carbonyl (C=O) groups excluding carboxylic acids is 4. The molecule has 0 bridgehead atoms. The number of nitrogens with one attached hydrogen (secondary N) is 3. The lowest BCUT2D eigenvalue weighted by atomic mass is 9.97. The number of methoxy groups -OCH3 is 2. The van der Waals surface area contributed by atoms with Gasteiger partial charge in [-0.25, -0.2) is 9.79 Å². The van der Waals surface area contributed by atoms with Crippen molar-refractivity contribution in [1.29, 1.82) is 0 Å². The summed E-state index contributed by atoms with van der Waals surface area (Å²) < 4.78 is 10.2. The first-order chi connectivity index (χ1) is 16.4. The van der Waals surface area contributed by atoms with Crippen LogP contribution >= 0.6 is 0 Å². The fraction of sp³-hybridized carbons (Fsp3) is 0.542. The largest absolute Gasteiger partial charge is 0.500 e. The smallest absolute Gasteiger partial charge is 0.328 e. The molecule has 1 saturated heterocycles. The number of aliphatic imine (C=N–C) groups is 1. The van der Waals surface area contributed by atoms with Crippen molar-refractivity contribution in [3.8, 4) is 0 Å². The number of hydrogen-bond donors (Lipinski definition) is 3. The molecule has 182 valence electrons. The van der Waals surface area contributed by atoms with Crippen LogP contribution in [-0.4, -0.2) is 62.3 Å². The van der Waals surface area contributed by atoms with Gasteiger partial charge in [0.15, 0.2) is 0 Å². The quantitative estimate of drug-likeness (QED) is 0.401. The van der Waals surface area contributed by atoms with Gasteiger partial charge in [0.1, 0.15) is 23.5 Å². The third-order valence-electron chi connectivity index (χ3n) is 6.53. The molecule has 2 fully saturated rings. The first-order valence-electron chi connectivity index (χ1n) is 11.6. The molecule has 0 unspecified atom stereocenters. The summed E-state index contributed by atoms with van der Waals surface area (Å²) in [6, 6.07) is -1.81. The molecule has 10 heteroatoms. The van der Waals surface area contributed by atoms with Gasteiger partial charge in [-0.3, -0.25) is 14.4 Å². The first-order valence-corrected chi connectivity index (χ1v) is 11.6. The SMILES string of the molecule is COC(=O)[C@H](C[C@@H]1CCNC1=O)NC(=O)[C@H](CC1CC1)NC(=O)C1=CC2=C(OC)CC=CC2=N1. The van der Waals surface area contributed by atoms with Gasteiger partial charge < -0.3 is 25.4 Å². The van der Waals surface area contributed by atoms with E-state index in [1.54, 1.807) is 13.2 Å². The van der Waals surface area contributed by atoms with E-state index < -0.39 is 29.9 Å². The van der Waals surface area contributed by atoms with Crippen molar-refractivity contribution in [2.45, 2.75) is 50.6 Å². The second-order valence-electron chi connectivity index (χ2n) is 8.98. The van der Waals surface area contributed by atoms with Gasteiger partial charge in [0.2, 0.25) is 11.8 Å². The van der Waals surface area contributed by atoms with Crippen molar-refractivity contribution >= 4 is 29.4 Å². The Kier molecular flexibility index (Phi) is 7.14. The number of nitrogens with zero attached hydrogens (tertiary/aromatic N) is 1. The van der Waals surface area contributed by atoms with E-state index in [1.165, 1.54) is 7.11 Å². The Morgan fingerprint density at radius 3 is 2.59 bits per heavy atom. The minimum atomic E-state index is -0.974. The number of rotatable bonds is 10. The van der Waals surface area contributed by atoms with Crippen molar-refractivity contribution in [2.24, 2.45) is 16.8 Å². The summed E-state index contributed by atoms with van der Waals surface area (Å²) in [5.74, 6) is -1.01. The van der Waals surface area contributed by atoms with Gasteiger partial charge in [-0.1, -0.05) is 18.9 Å². The number of hydrogen-bond acceptors (Lipinski definition) is 7. The van der Waals surface area contributed by atoms with E-state index in [2.05, 4.69) is 20.9 Å². The molecule has 10 nitrogen and oxygen atoms in total. The zero-order chi connectivity index (χ0) is 24.2. The van der Waals surface area contributed by atoms with Gasteiger partial charge in [0.05, 0.1) is 19.9 Å². The molecule has 3 amide bonds. The van der Waals surface area contributed by atoms with Crippen LogP contribution in [-0.2, 0) is 28.7 Å². The standard InChI is InChI=1S/C24H30N4O6/c1-33-20-5-3-4-16-15(20)12-18(26-16)23(31)27-17(10-13-6-7-13)22(30)28-19(24(32)34-2)11-14-8-9-25-21(14)29/h3-4,12-14,17,19H,5-11H2,1-2H3,(H,25,29)(H,27,31)(H,28,30)/t14-,17-,19-/m0/s1. The van der Waals surface area contributed by atoms with Gasteiger partial charge in [-0.2, -0.15) is 0 Å². The molecule has 3 N–H and O–H groups in total. The van der Waals surface area contributed by atoms with Crippen molar-refractivity contribution in [3.05, 3.63) is 35.3 Å². The molecule has 0 spiro atoms. The van der Waals surface area contributed by atoms with Crippen molar-refractivity contribution < 1.29 is 28.7 Å². The number of amides is 3. The van der Waals surface area contributed by atoms with Crippen LogP contribution in [0.1, 0.15) is 38.5 Å². The monoisotopic (exact) mass is 470 g/mol. The van der Waals surface area contributed by atoms with E-state index in [0.29, 0.717) is 37.4 Å². The molecule has 3 atom stereocenters. The third kappa shape index (κ3) is 5.37. The summed E-state index contributed by atoms with van der Waals surface area (Å²) in [7, 11) is 2.82. The predicted octanol–water partition coefficient (Wildman–Crippen LogP) is 0.654. The number of allylic oxidation sites excluding steroid dienone is 4. The van der Waals surface area contributed by atoms with Crippen LogP contribution in [0.15, 0.2) is 40.2 Å². The van der Waals surface area contributed by atoms with Crippen LogP contribution in [0.5, 0.6) is 0 Å².